The van der Waals surface area contributed by atoms with Gasteiger partial charge in [-0.15, -0.1) is 0 Å². The van der Waals surface area contributed by atoms with Crippen LogP contribution in [0, 0.1) is 0 Å². The third-order valence-corrected chi connectivity index (χ3v) is 1.74. The zero-order valence-corrected chi connectivity index (χ0v) is 6.65. The Bertz CT molecular complexity index is 281. The van der Waals surface area contributed by atoms with Crippen molar-refractivity contribution < 1.29 is 0 Å². The van der Waals surface area contributed by atoms with Crippen LogP contribution in [0.5, 0.6) is 0 Å². The second-order valence-electron chi connectivity index (χ2n) is 1.75. The molecular weight excluding hydrogens is 175 g/mol. The monoisotopic (exact) mass is 178 g/mol. The third-order valence-electron chi connectivity index (χ3n) is 1.04. The summed E-state index contributed by atoms with van der Waals surface area (Å²) in [6.07, 6.45) is 0. The van der Waals surface area contributed by atoms with Crippen LogP contribution in [0.4, 0.5) is 0 Å². The maximum Gasteiger partial charge on any atom is 0.275 e. The molecule has 1 heterocycles. The van der Waals surface area contributed by atoms with Gasteiger partial charge in [0, 0.05) is 13.1 Å². The molecule has 0 spiro atoms. The number of hydrogen-bond donors (Lipinski definition) is 0. The molecule has 0 saturated carbocycles. The third kappa shape index (κ3) is 1.30. The van der Waals surface area contributed by atoms with Gasteiger partial charge in [0.2, 0.25) is 5.28 Å². The van der Waals surface area contributed by atoms with Gasteiger partial charge in [-0.05, 0) is 11.6 Å². The number of aromatic nitrogens is 2. The van der Waals surface area contributed by atoms with Crippen molar-refractivity contribution in [3.8, 4) is 0 Å². The van der Waals surface area contributed by atoms with Gasteiger partial charge in [0.25, 0.3) is 5.56 Å². The maximum atomic E-state index is 10.6. The fraction of sp³-hybridized carbons (Fsp3) is 0.200. The van der Waals surface area contributed by atoms with Gasteiger partial charge in [-0.3, -0.25) is 4.79 Å². The van der Waals surface area contributed by atoms with E-state index in [0.29, 0.717) is 0 Å². The van der Waals surface area contributed by atoms with Gasteiger partial charge < -0.3 is 4.57 Å². The van der Waals surface area contributed by atoms with Crippen LogP contribution in [-0.4, -0.2) is 9.55 Å². The molecule has 0 N–H and O–H groups in total. The smallest absolute Gasteiger partial charge is 0.275 e. The first-order chi connectivity index (χ1) is 4.61. The van der Waals surface area contributed by atoms with Crippen molar-refractivity contribution in [2.45, 2.75) is 0 Å². The Labute approximate surface area is 67.2 Å². The lowest BCUT2D eigenvalue weighted by Crippen LogP contribution is -2.10. The van der Waals surface area contributed by atoms with Crippen LogP contribution in [0.15, 0.2) is 10.9 Å². The van der Waals surface area contributed by atoms with Gasteiger partial charge >= 0.3 is 0 Å². The molecule has 0 radical (unpaired) electrons. The van der Waals surface area contributed by atoms with Crippen molar-refractivity contribution in [3.05, 3.63) is 26.9 Å². The normalized spacial score (nSPS) is 9.90. The molecule has 0 aliphatic carbocycles. The topological polar surface area (TPSA) is 34.9 Å². The first-order valence-corrected chi connectivity index (χ1v) is 3.26. The van der Waals surface area contributed by atoms with E-state index in [-0.39, 0.29) is 10.4 Å². The Balaban J connectivity index is 3.46. The van der Waals surface area contributed by atoms with Crippen molar-refractivity contribution >= 4 is 23.2 Å². The molecule has 1 aromatic rings. The summed E-state index contributed by atoms with van der Waals surface area (Å²) >= 11 is 11.0. The van der Waals surface area contributed by atoms with Crippen molar-refractivity contribution in [1.82, 2.24) is 9.55 Å². The summed E-state index contributed by atoms with van der Waals surface area (Å²) in [6, 6.07) is 1.20. The molecule has 0 fully saturated rings. The van der Waals surface area contributed by atoms with E-state index >= 15 is 0 Å². The van der Waals surface area contributed by atoms with Crippen LogP contribution in [0.1, 0.15) is 0 Å². The van der Waals surface area contributed by atoms with Gasteiger partial charge in [-0.1, -0.05) is 11.6 Å². The summed E-state index contributed by atoms with van der Waals surface area (Å²) in [7, 11) is 1.62. The van der Waals surface area contributed by atoms with Crippen LogP contribution < -0.4 is 5.56 Å². The molecular formula is C5H4Cl2N2O. The average molecular weight is 179 g/mol. The highest BCUT2D eigenvalue weighted by atomic mass is 35.5. The molecule has 0 bridgehead atoms. The van der Waals surface area contributed by atoms with Crippen LogP contribution >= 0.6 is 23.2 Å². The number of rotatable bonds is 0. The molecule has 1 aromatic heterocycles. The molecule has 0 aliphatic heterocycles. The summed E-state index contributed by atoms with van der Waals surface area (Å²) in [5.74, 6) is 0. The largest absolute Gasteiger partial charge is 0.310 e. The zero-order valence-electron chi connectivity index (χ0n) is 5.14. The molecule has 0 aliphatic rings. The summed E-state index contributed by atoms with van der Waals surface area (Å²) in [5.41, 5.74) is -0.423. The fourth-order valence-corrected chi connectivity index (χ4v) is 0.876. The Hall–Kier alpha value is -0.540. The van der Waals surface area contributed by atoms with E-state index in [1.165, 1.54) is 10.6 Å². The lowest BCUT2D eigenvalue weighted by molar-refractivity contribution is 0.855. The highest BCUT2D eigenvalue weighted by Crippen LogP contribution is 2.08. The molecule has 10 heavy (non-hydrogen) atoms. The van der Waals surface area contributed by atoms with Crippen molar-refractivity contribution in [1.29, 1.82) is 0 Å². The molecule has 0 atom stereocenters. The van der Waals surface area contributed by atoms with Crippen LogP contribution in [0.3, 0.4) is 0 Å². The lowest BCUT2D eigenvalue weighted by Gasteiger charge is -2.00. The first-order valence-electron chi connectivity index (χ1n) is 2.50. The van der Waals surface area contributed by atoms with Gasteiger partial charge in [-0.2, -0.15) is 4.98 Å². The molecule has 0 saturated heterocycles. The van der Waals surface area contributed by atoms with Gasteiger partial charge in [-0.25, -0.2) is 0 Å². The quantitative estimate of drug-likeness (QED) is 0.441. The highest BCUT2D eigenvalue weighted by Gasteiger charge is 1.99. The summed E-state index contributed by atoms with van der Waals surface area (Å²) < 4.78 is 1.41. The molecule has 54 valence electrons. The predicted molar refractivity (Wildman–Crippen MR) is 39.5 cm³/mol. The molecule has 0 amide bonds. The SMILES string of the molecule is Cn1c(Cl)cc(=O)nc1Cl. The summed E-state index contributed by atoms with van der Waals surface area (Å²) in [6.45, 7) is 0. The minimum atomic E-state index is -0.423. The van der Waals surface area contributed by atoms with Crippen LogP contribution in [-0.2, 0) is 7.05 Å². The minimum Gasteiger partial charge on any atom is -0.310 e. The maximum absolute atomic E-state index is 10.6. The van der Waals surface area contributed by atoms with Gasteiger partial charge in [0.15, 0.2) is 0 Å². The number of hydrogen-bond acceptors (Lipinski definition) is 2. The molecule has 0 aromatic carbocycles. The van der Waals surface area contributed by atoms with E-state index in [1.807, 2.05) is 0 Å². The van der Waals surface area contributed by atoms with E-state index in [2.05, 4.69) is 4.98 Å². The Morgan fingerprint density at radius 3 is 2.70 bits per heavy atom. The standard InChI is InChI=1S/C5H4Cl2N2O/c1-9-3(6)2-4(10)8-5(9)7/h2H,1H3. The molecule has 3 nitrogen and oxygen atoms in total. The van der Waals surface area contributed by atoms with Crippen LogP contribution in [0.2, 0.25) is 10.4 Å². The van der Waals surface area contributed by atoms with Crippen molar-refractivity contribution in [2.75, 3.05) is 0 Å². The van der Waals surface area contributed by atoms with Crippen LogP contribution in [0.25, 0.3) is 0 Å². The highest BCUT2D eigenvalue weighted by molar-refractivity contribution is 6.32. The summed E-state index contributed by atoms with van der Waals surface area (Å²) in [5, 5.41) is 0.377. The average Bonchev–Trinajstić information content (AvgIpc) is 1.82. The number of nitrogens with zero attached hydrogens (tertiary/aromatic N) is 2. The molecule has 0 unspecified atom stereocenters. The van der Waals surface area contributed by atoms with E-state index in [0.717, 1.165) is 0 Å². The van der Waals surface area contributed by atoms with E-state index in [1.54, 1.807) is 7.05 Å². The Morgan fingerprint density at radius 1 is 1.60 bits per heavy atom. The van der Waals surface area contributed by atoms with Crippen molar-refractivity contribution in [3.63, 3.8) is 0 Å². The van der Waals surface area contributed by atoms with Gasteiger partial charge in [0.05, 0.1) is 0 Å². The Kier molecular flexibility index (Phi) is 1.97. The minimum absolute atomic E-state index is 0.0949. The molecule has 1 rings (SSSR count). The second kappa shape index (κ2) is 2.60. The van der Waals surface area contributed by atoms with Crippen molar-refractivity contribution in [2.24, 2.45) is 7.05 Å². The zero-order chi connectivity index (χ0) is 7.72. The lowest BCUT2D eigenvalue weighted by atomic mass is 10.6. The van der Waals surface area contributed by atoms with Gasteiger partial charge in [0.1, 0.15) is 5.15 Å². The van der Waals surface area contributed by atoms with E-state index in [9.17, 15) is 4.79 Å². The van der Waals surface area contributed by atoms with E-state index < -0.39 is 5.56 Å². The number of halogens is 2. The predicted octanol–water partition coefficient (Wildman–Crippen LogP) is 1.09. The fourth-order valence-electron chi connectivity index (χ4n) is 0.485. The Morgan fingerprint density at radius 2 is 2.20 bits per heavy atom. The first kappa shape index (κ1) is 7.57. The second-order valence-corrected chi connectivity index (χ2v) is 2.47. The molecule has 5 heteroatoms. The van der Waals surface area contributed by atoms with E-state index in [4.69, 9.17) is 23.2 Å². The summed E-state index contributed by atoms with van der Waals surface area (Å²) in [4.78, 5) is 14.0.